The lowest BCUT2D eigenvalue weighted by atomic mass is 9.86. The van der Waals surface area contributed by atoms with Crippen LogP contribution in [-0.2, 0) is 17.9 Å². The summed E-state index contributed by atoms with van der Waals surface area (Å²) >= 11 is 0. The van der Waals surface area contributed by atoms with Gasteiger partial charge in [0.15, 0.2) is 0 Å². The molecule has 1 unspecified atom stereocenters. The molecule has 1 spiro atoms. The average molecular weight is 395 g/mol. The molecule has 4 rings (SSSR count). The molecule has 1 atom stereocenters. The molecule has 1 aromatic carbocycles. The quantitative estimate of drug-likeness (QED) is 0.844. The molecule has 2 aliphatic heterocycles. The zero-order chi connectivity index (χ0) is 20.1. The molecule has 0 saturated carbocycles. The number of benzene rings is 1. The van der Waals surface area contributed by atoms with Gasteiger partial charge in [-0.25, -0.2) is 0 Å². The van der Waals surface area contributed by atoms with Crippen molar-refractivity contribution in [2.45, 2.75) is 38.0 Å². The van der Waals surface area contributed by atoms with Crippen molar-refractivity contribution in [3.8, 4) is 5.75 Å². The Morgan fingerprint density at radius 1 is 1.14 bits per heavy atom. The van der Waals surface area contributed by atoms with Gasteiger partial charge in [-0.05, 0) is 49.7 Å². The van der Waals surface area contributed by atoms with Gasteiger partial charge >= 0.3 is 0 Å². The number of hydrogen-bond acceptors (Lipinski definition) is 5. The molecule has 0 radical (unpaired) electrons. The molecule has 2 saturated heterocycles. The van der Waals surface area contributed by atoms with Crippen molar-refractivity contribution >= 4 is 5.91 Å². The summed E-state index contributed by atoms with van der Waals surface area (Å²) in [4.78, 5) is 21.1. The third-order valence-corrected chi connectivity index (χ3v) is 6.25. The highest BCUT2D eigenvalue weighted by Gasteiger charge is 2.40. The normalized spacial score (nSPS) is 23.6. The van der Waals surface area contributed by atoms with Crippen LogP contribution in [0.4, 0.5) is 0 Å². The minimum atomic E-state index is 0.100. The van der Waals surface area contributed by atoms with Crippen LogP contribution in [-0.4, -0.2) is 59.5 Å². The Hall–Kier alpha value is -2.44. The summed E-state index contributed by atoms with van der Waals surface area (Å²) in [6, 6.07) is 14.2. The highest BCUT2D eigenvalue weighted by atomic mass is 16.5. The lowest BCUT2D eigenvalue weighted by Gasteiger charge is -2.49. The number of nitrogens with zero attached hydrogens (tertiary/aromatic N) is 3. The van der Waals surface area contributed by atoms with Gasteiger partial charge in [-0.15, -0.1) is 0 Å². The van der Waals surface area contributed by atoms with Crippen LogP contribution in [0.1, 0.15) is 30.5 Å². The van der Waals surface area contributed by atoms with Crippen LogP contribution >= 0.6 is 0 Å². The summed E-state index contributed by atoms with van der Waals surface area (Å²) in [7, 11) is 2.21. The number of likely N-dealkylation sites (N-methyl/N-ethyl adjacent to an activating group) is 1. The number of amides is 1. The second-order valence-electron chi connectivity index (χ2n) is 8.21. The van der Waals surface area contributed by atoms with Crippen LogP contribution in [0, 0.1) is 0 Å². The van der Waals surface area contributed by atoms with Gasteiger partial charge in [-0.1, -0.05) is 18.2 Å². The molecule has 1 aromatic heterocycles. The van der Waals surface area contributed by atoms with Crippen molar-refractivity contribution in [3.05, 3.63) is 59.9 Å². The smallest absolute Gasteiger partial charge is 0.220 e. The molecule has 29 heavy (non-hydrogen) atoms. The highest BCUT2D eigenvalue weighted by Crippen LogP contribution is 2.31. The SMILES string of the molecule is CN1CCN(Cc2ccc(OCc3ccccn3)cc2)CC12CCNC(=O)CC2. The van der Waals surface area contributed by atoms with Gasteiger partial charge in [-0.3, -0.25) is 19.6 Å². The monoisotopic (exact) mass is 394 g/mol. The van der Waals surface area contributed by atoms with Gasteiger partial charge in [0.1, 0.15) is 12.4 Å². The van der Waals surface area contributed by atoms with E-state index in [1.54, 1.807) is 6.20 Å². The van der Waals surface area contributed by atoms with Crippen molar-refractivity contribution in [1.29, 1.82) is 0 Å². The number of ether oxygens (including phenoxy) is 1. The van der Waals surface area contributed by atoms with Crippen LogP contribution in [0.2, 0.25) is 0 Å². The van der Waals surface area contributed by atoms with Gasteiger partial charge in [0, 0.05) is 50.9 Å². The molecule has 1 amide bonds. The average Bonchev–Trinajstić information content (AvgIpc) is 2.93. The van der Waals surface area contributed by atoms with E-state index in [1.165, 1.54) is 5.56 Å². The van der Waals surface area contributed by atoms with E-state index in [0.29, 0.717) is 13.0 Å². The van der Waals surface area contributed by atoms with Crippen LogP contribution in [0.3, 0.4) is 0 Å². The standard InChI is InChI=1S/C23H30N4O2/c1-26-14-15-27(18-23(26)10-9-22(28)25-13-11-23)16-19-5-7-21(8-6-19)29-17-20-4-2-3-12-24-20/h2-8,12H,9-11,13-18H2,1H3,(H,25,28). The topological polar surface area (TPSA) is 57.7 Å². The van der Waals surface area contributed by atoms with Gasteiger partial charge in [0.05, 0.1) is 5.69 Å². The predicted octanol–water partition coefficient (Wildman–Crippen LogP) is 2.45. The number of rotatable bonds is 5. The molecule has 0 bridgehead atoms. The molecule has 1 N–H and O–H groups in total. The van der Waals surface area contributed by atoms with Crippen molar-refractivity contribution in [1.82, 2.24) is 20.1 Å². The van der Waals surface area contributed by atoms with Crippen molar-refractivity contribution in [2.75, 3.05) is 33.2 Å². The van der Waals surface area contributed by atoms with E-state index in [9.17, 15) is 4.79 Å². The first-order valence-electron chi connectivity index (χ1n) is 10.4. The van der Waals surface area contributed by atoms with Gasteiger partial charge in [-0.2, -0.15) is 0 Å². The summed E-state index contributed by atoms with van der Waals surface area (Å²) in [6.07, 6.45) is 4.36. The van der Waals surface area contributed by atoms with E-state index >= 15 is 0 Å². The number of hydrogen-bond donors (Lipinski definition) is 1. The summed E-state index contributed by atoms with van der Waals surface area (Å²) < 4.78 is 5.84. The second-order valence-corrected chi connectivity index (χ2v) is 8.21. The summed E-state index contributed by atoms with van der Waals surface area (Å²) in [5.41, 5.74) is 2.32. The number of carbonyl (C=O) groups excluding carboxylic acids is 1. The third-order valence-electron chi connectivity index (χ3n) is 6.25. The van der Waals surface area contributed by atoms with E-state index in [-0.39, 0.29) is 11.4 Å². The predicted molar refractivity (Wildman–Crippen MR) is 113 cm³/mol. The van der Waals surface area contributed by atoms with Crippen molar-refractivity contribution < 1.29 is 9.53 Å². The summed E-state index contributed by atoms with van der Waals surface area (Å²) in [6.45, 7) is 5.29. The minimum Gasteiger partial charge on any atom is -0.487 e. The van der Waals surface area contributed by atoms with Crippen LogP contribution in [0.25, 0.3) is 0 Å². The Bertz CT molecular complexity index is 811. The molecule has 6 heteroatoms. The summed E-state index contributed by atoms with van der Waals surface area (Å²) in [5, 5.41) is 3.03. The van der Waals surface area contributed by atoms with Gasteiger partial charge < -0.3 is 10.1 Å². The fourth-order valence-corrected chi connectivity index (χ4v) is 4.40. The largest absolute Gasteiger partial charge is 0.487 e. The van der Waals surface area contributed by atoms with Crippen LogP contribution < -0.4 is 10.1 Å². The van der Waals surface area contributed by atoms with Crippen molar-refractivity contribution in [2.24, 2.45) is 0 Å². The maximum Gasteiger partial charge on any atom is 0.220 e. The molecule has 6 nitrogen and oxygen atoms in total. The van der Waals surface area contributed by atoms with E-state index in [4.69, 9.17) is 4.74 Å². The molecule has 0 aliphatic carbocycles. The maximum absolute atomic E-state index is 11.8. The molecule has 2 aromatic rings. The van der Waals surface area contributed by atoms with Crippen LogP contribution in [0.15, 0.2) is 48.7 Å². The number of aromatic nitrogens is 1. The fraction of sp³-hybridized carbons (Fsp3) is 0.478. The van der Waals surface area contributed by atoms with Gasteiger partial charge in [0.2, 0.25) is 5.91 Å². The Morgan fingerprint density at radius 2 is 2.00 bits per heavy atom. The number of nitrogens with one attached hydrogen (secondary N) is 1. The molecule has 3 heterocycles. The Balaban J connectivity index is 1.34. The van der Waals surface area contributed by atoms with E-state index in [0.717, 1.165) is 57.0 Å². The van der Waals surface area contributed by atoms with Gasteiger partial charge in [0.25, 0.3) is 0 Å². The Morgan fingerprint density at radius 3 is 2.79 bits per heavy atom. The molecular weight excluding hydrogens is 364 g/mol. The van der Waals surface area contributed by atoms with Crippen molar-refractivity contribution in [3.63, 3.8) is 0 Å². The van der Waals surface area contributed by atoms with E-state index in [1.807, 2.05) is 30.3 Å². The lowest BCUT2D eigenvalue weighted by Crippen LogP contribution is -2.60. The maximum atomic E-state index is 11.8. The first-order valence-corrected chi connectivity index (χ1v) is 10.4. The lowest BCUT2D eigenvalue weighted by molar-refractivity contribution is -0.121. The second kappa shape index (κ2) is 8.93. The highest BCUT2D eigenvalue weighted by molar-refractivity contribution is 5.76. The zero-order valence-corrected chi connectivity index (χ0v) is 17.1. The number of piperazine rings is 1. The van der Waals surface area contributed by atoms with E-state index < -0.39 is 0 Å². The Labute approximate surface area is 172 Å². The fourth-order valence-electron chi connectivity index (χ4n) is 4.40. The Kier molecular flexibility index (Phi) is 6.11. The summed E-state index contributed by atoms with van der Waals surface area (Å²) in [5.74, 6) is 1.05. The number of pyridine rings is 1. The van der Waals surface area contributed by atoms with Crippen LogP contribution in [0.5, 0.6) is 5.75 Å². The third kappa shape index (κ3) is 4.95. The number of carbonyl (C=O) groups is 1. The molecule has 2 fully saturated rings. The minimum absolute atomic E-state index is 0.100. The molecule has 154 valence electrons. The molecular formula is C23H30N4O2. The zero-order valence-electron chi connectivity index (χ0n) is 17.1. The van der Waals surface area contributed by atoms with E-state index in [2.05, 4.69) is 39.3 Å². The first-order chi connectivity index (χ1) is 14.1. The molecule has 2 aliphatic rings. The first kappa shape index (κ1) is 19.9.